The van der Waals surface area contributed by atoms with Crippen LogP contribution in [0.1, 0.15) is 63.1 Å². The number of alkyl carbamates (subject to hydrolysis) is 1. The Labute approximate surface area is 217 Å². The first-order valence-electron chi connectivity index (χ1n) is 12.9. The van der Waals surface area contributed by atoms with Crippen LogP contribution in [0.2, 0.25) is 0 Å². The molecule has 0 saturated heterocycles. The summed E-state index contributed by atoms with van der Waals surface area (Å²) in [4.78, 5) is 37.4. The first-order valence-corrected chi connectivity index (χ1v) is 12.9. The number of esters is 1. The molecule has 1 N–H and O–H groups in total. The van der Waals surface area contributed by atoms with Crippen LogP contribution in [0.25, 0.3) is 11.0 Å². The molecule has 1 fully saturated rings. The van der Waals surface area contributed by atoms with Gasteiger partial charge in [-0.2, -0.15) is 0 Å². The lowest BCUT2D eigenvalue weighted by Gasteiger charge is -2.28. The normalized spacial score (nSPS) is 17.8. The van der Waals surface area contributed by atoms with Crippen LogP contribution < -0.4 is 15.7 Å². The van der Waals surface area contributed by atoms with Gasteiger partial charge in [0, 0.05) is 30.0 Å². The van der Waals surface area contributed by atoms with Crippen molar-refractivity contribution in [2.75, 3.05) is 6.54 Å². The number of benzene rings is 2. The summed E-state index contributed by atoms with van der Waals surface area (Å²) in [5.41, 5.74) is 2.03. The summed E-state index contributed by atoms with van der Waals surface area (Å²) in [5.74, 6) is 0.192. The molecule has 0 radical (unpaired) electrons. The summed E-state index contributed by atoms with van der Waals surface area (Å²) >= 11 is 0. The molecule has 4 rings (SSSR count). The Balaban J connectivity index is 1.34. The molecule has 3 aromatic rings. The van der Waals surface area contributed by atoms with Crippen molar-refractivity contribution in [2.45, 2.75) is 65.4 Å². The van der Waals surface area contributed by atoms with Crippen molar-refractivity contribution in [3.63, 3.8) is 0 Å². The maximum absolute atomic E-state index is 12.8. The molecule has 1 aliphatic carbocycles. The van der Waals surface area contributed by atoms with E-state index in [4.69, 9.17) is 13.9 Å². The quantitative estimate of drug-likeness (QED) is 0.254. The summed E-state index contributed by atoms with van der Waals surface area (Å²) in [5, 5.41) is 3.65. The summed E-state index contributed by atoms with van der Waals surface area (Å²) in [6.45, 7) is 7.94. The number of aryl methyl sites for hydroxylation is 1. The Morgan fingerprint density at radius 1 is 1.03 bits per heavy atom. The van der Waals surface area contributed by atoms with Gasteiger partial charge in [-0.25, -0.2) is 9.59 Å². The highest BCUT2D eigenvalue weighted by molar-refractivity contribution is 5.84. The SMILES string of the molecule is Cc1c(Cc2ccccc2)c(=O)oc2cc(OC(=O)C3CCC(CNC(=O)OC(C)(C)C)CC3)ccc12. The molecule has 196 valence electrons. The summed E-state index contributed by atoms with van der Waals surface area (Å²) in [6, 6.07) is 15.0. The van der Waals surface area contributed by atoms with E-state index in [9.17, 15) is 14.4 Å². The number of rotatable bonds is 6. The van der Waals surface area contributed by atoms with Crippen LogP contribution in [0.5, 0.6) is 5.75 Å². The lowest BCUT2D eigenvalue weighted by molar-refractivity contribution is -0.140. The molecule has 1 aromatic heterocycles. The van der Waals surface area contributed by atoms with Crippen LogP contribution in [0.15, 0.2) is 57.7 Å². The van der Waals surface area contributed by atoms with Crippen LogP contribution in [0.4, 0.5) is 4.79 Å². The van der Waals surface area contributed by atoms with Gasteiger partial charge >= 0.3 is 17.7 Å². The summed E-state index contributed by atoms with van der Waals surface area (Å²) in [7, 11) is 0. The summed E-state index contributed by atoms with van der Waals surface area (Å²) < 4.78 is 16.6. The van der Waals surface area contributed by atoms with Gasteiger partial charge in [0.15, 0.2) is 0 Å². The Morgan fingerprint density at radius 3 is 2.41 bits per heavy atom. The van der Waals surface area contributed by atoms with Gasteiger partial charge in [-0.3, -0.25) is 4.79 Å². The Morgan fingerprint density at radius 2 is 1.73 bits per heavy atom. The van der Waals surface area contributed by atoms with E-state index in [1.165, 1.54) is 0 Å². The zero-order chi connectivity index (χ0) is 26.6. The van der Waals surface area contributed by atoms with Crippen LogP contribution in [0.3, 0.4) is 0 Å². The molecule has 1 aliphatic rings. The zero-order valence-corrected chi connectivity index (χ0v) is 22.0. The van der Waals surface area contributed by atoms with Gasteiger partial charge in [0.25, 0.3) is 0 Å². The molecule has 1 heterocycles. The lowest BCUT2D eigenvalue weighted by Crippen LogP contribution is -2.36. The average Bonchev–Trinajstić information content (AvgIpc) is 2.85. The van der Waals surface area contributed by atoms with Gasteiger partial charge in [-0.15, -0.1) is 0 Å². The van der Waals surface area contributed by atoms with Crippen molar-refractivity contribution in [1.29, 1.82) is 0 Å². The molecule has 2 aromatic carbocycles. The van der Waals surface area contributed by atoms with E-state index in [0.717, 1.165) is 29.4 Å². The van der Waals surface area contributed by atoms with E-state index in [0.29, 0.717) is 48.6 Å². The van der Waals surface area contributed by atoms with Gasteiger partial charge < -0.3 is 19.2 Å². The van der Waals surface area contributed by atoms with Gasteiger partial charge in [0.2, 0.25) is 0 Å². The van der Waals surface area contributed by atoms with Crippen LogP contribution in [-0.4, -0.2) is 24.2 Å². The third-order valence-corrected chi connectivity index (χ3v) is 6.82. The van der Waals surface area contributed by atoms with E-state index in [1.807, 2.05) is 64.1 Å². The number of hydrogen-bond donors (Lipinski definition) is 1. The lowest BCUT2D eigenvalue weighted by atomic mass is 9.82. The number of carbonyl (C=O) groups is 2. The Hall–Kier alpha value is -3.61. The second-order valence-electron chi connectivity index (χ2n) is 10.8. The molecule has 1 saturated carbocycles. The van der Waals surface area contributed by atoms with Crippen molar-refractivity contribution in [1.82, 2.24) is 5.32 Å². The number of nitrogens with one attached hydrogen (secondary N) is 1. The van der Waals surface area contributed by atoms with Gasteiger partial charge in [-0.05, 0) is 82.6 Å². The highest BCUT2D eigenvalue weighted by Crippen LogP contribution is 2.31. The van der Waals surface area contributed by atoms with Crippen LogP contribution in [-0.2, 0) is 16.0 Å². The first kappa shape index (κ1) is 26.5. The molecule has 0 spiro atoms. The highest BCUT2D eigenvalue weighted by Gasteiger charge is 2.28. The number of carbonyl (C=O) groups excluding carboxylic acids is 2. The predicted molar refractivity (Wildman–Crippen MR) is 142 cm³/mol. The number of ether oxygens (including phenoxy) is 2. The van der Waals surface area contributed by atoms with Crippen molar-refractivity contribution in [2.24, 2.45) is 11.8 Å². The second-order valence-corrected chi connectivity index (χ2v) is 10.8. The summed E-state index contributed by atoms with van der Waals surface area (Å²) in [6.07, 6.45) is 3.13. The maximum atomic E-state index is 12.8. The third-order valence-electron chi connectivity index (χ3n) is 6.82. The highest BCUT2D eigenvalue weighted by atomic mass is 16.6. The smallest absolute Gasteiger partial charge is 0.407 e. The molecule has 0 aliphatic heterocycles. The standard InChI is InChI=1S/C30H35NO6/c1-19-24-15-14-23(17-26(24)36-28(33)25(19)16-20-8-6-5-7-9-20)35-27(32)22-12-10-21(11-13-22)18-31-29(34)37-30(2,3)4/h5-9,14-15,17,21-22H,10-13,16,18H2,1-4H3,(H,31,34). The van der Waals surface area contributed by atoms with Gasteiger partial charge in [0.05, 0.1) is 5.92 Å². The zero-order valence-electron chi connectivity index (χ0n) is 22.0. The molecular weight excluding hydrogens is 470 g/mol. The molecule has 7 nitrogen and oxygen atoms in total. The Bertz CT molecular complexity index is 1310. The van der Waals surface area contributed by atoms with Crippen molar-refractivity contribution >= 4 is 23.0 Å². The number of fused-ring (bicyclic) bond motifs is 1. The molecule has 0 bridgehead atoms. The topological polar surface area (TPSA) is 94.8 Å². The molecule has 7 heteroatoms. The largest absolute Gasteiger partial charge is 0.444 e. The molecule has 0 atom stereocenters. The number of amides is 1. The molecule has 1 amide bonds. The average molecular weight is 506 g/mol. The monoisotopic (exact) mass is 505 g/mol. The maximum Gasteiger partial charge on any atom is 0.407 e. The first-order chi connectivity index (χ1) is 17.6. The fourth-order valence-corrected chi connectivity index (χ4v) is 4.79. The minimum absolute atomic E-state index is 0.199. The van der Waals surface area contributed by atoms with E-state index in [-0.39, 0.29) is 17.5 Å². The molecule has 37 heavy (non-hydrogen) atoms. The predicted octanol–water partition coefficient (Wildman–Crippen LogP) is 5.93. The van der Waals surface area contributed by atoms with Crippen molar-refractivity contribution in [3.05, 3.63) is 75.6 Å². The second kappa shape index (κ2) is 11.2. The minimum atomic E-state index is -0.528. The van der Waals surface area contributed by atoms with E-state index >= 15 is 0 Å². The van der Waals surface area contributed by atoms with Crippen molar-refractivity contribution < 1.29 is 23.5 Å². The van der Waals surface area contributed by atoms with E-state index in [1.54, 1.807) is 12.1 Å². The van der Waals surface area contributed by atoms with Crippen LogP contribution >= 0.6 is 0 Å². The van der Waals surface area contributed by atoms with E-state index < -0.39 is 11.7 Å². The van der Waals surface area contributed by atoms with E-state index in [2.05, 4.69) is 5.32 Å². The van der Waals surface area contributed by atoms with Crippen LogP contribution in [0, 0.1) is 18.8 Å². The fourth-order valence-electron chi connectivity index (χ4n) is 4.79. The number of hydrogen-bond acceptors (Lipinski definition) is 6. The molecular formula is C30H35NO6. The Kier molecular flexibility index (Phi) is 8.00. The van der Waals surface area contributed by atoms with Crippen molar-refractivity contribution in [3.8, 4) is 5.75 Å². The fraction of sp³-hybridized carbons (Fsp3) is 0.433. The third kappa shape index (κ3) is 7.00. The molecule has 0 unspecified atom stereocenters. The minimum Gasteiger partial charge on any atom is -0.444 e. The van der Waals surface area contributed by atoms with Gasteiger partial charge in [0.1, 0.15) is 16.9 Å². The van der Waals surface area contributed by atoms with Gasteiger partial charge in [-0.1, -0.05) is 30.3 Å².